The summed E-state index contributed by atoms with van der Waals surface area (Å²) in [5, 5.41) is 2.80. The number of hydrogen-bond donors (Lipinski definition) is 1. The Morgan fingerprint density at radius 3 is 2.68 bits per heavy atom. The number of hydrogen-bond acceptors (Lipinski definition) is 2. The van der Waals surface area contributed by atoms with Gasteiger partial charge in [0.05, 0.1) is 17.8 Å². The lowest BCUT2D eigenvalue weighted by Gasteiger charge is -2.06. The van der Waals surface area contributed by atoms with Gasteiger partial charge in [0, 0.05) is 17.7 Å². The summed E-state index contributed by atoms with van der Waals surface area (Å²) < 4.78 is 40.4. The third kappa shape index (κ3) is 4.34. The molecule has 0 bridgehead atoms. The van der Waals surface area contributed by atoms with Gasteiger partial charge in [-0.05, 0) is 36.3 Å². The molecule has 7 heteroatoms. The molecule has 1 aromatic carbocycles. The Bertz CT molecular complexity index is 1070. The number of rotatable bonds is 3. The van der Waals surface area contributed by atoms with Crippen LogP contribution < -0.4 is 5.32 Å². The largest absolute Gasteiger partial charge is 0.416 e. The quantitative estimate of drug-likeness (QED) is 0.692. The molecule has 0 aliphatic carbocycles. The van der Waals surface area contributed by atoms with Crippen LogP contribution in [0.25, 0.3) is 5.65 Å². The van der Waals surface area contributed by atoms with Crippen LogP contribution in [0.15, 0.2) is 48.7 Å². The van der Waals surface area contributed by atoms with Crippen LogP contribution in [-0.2, 0) is 17.5 Å². The number of amides is 1. The number of carbonyl (C=O) groups is 1. The first kappa shape index (κ1) is 19.5. The minimum Gasteiger partial charge on any atom is -0.350 e. The molecule has 0 atom stereocenters. The van der Waals surface area contributed by atoms with Crippen LogP contribution in [0.2, 0.25) is 0 Å². The van der Waals surface area contributed by atoms with Crippen LogP contribution in [0.4, 0.5) is 13.2 Å². The fraction of sp³-hybridized carbons (Fsp3) is 0.238. The molecule has 0 saturated carbocycles. The highest BCUT2D eigenvalue weighted by molar-refractivity contribution is 5.77. The molecule has 0 unspecified atom stereocenters. The highest BCUT2D eigenvalue weighted by Crippen LogP contribution is 2.29. The molecule has 0 aliphatic heterocycles. The van der Waals surface area contributed by atoms with Crippen molar-refractivity contribution in [2.24, 2.45) is 5.92 Å². The Hall–Kier alpha value is -3.27. The van der Waals surface area contributed by atoms with Crippen LogP contribution in [0.3, 0.4) is 0 Å². The molecule has 0 saturated heterocycles. The van der Waals surface area contributed by atoms with Crippen LogP contribution in [0.5, 0.6) is 0 Å². The van der Waals surface area contributed by atoms with E-state index >= 15 is 0 Å². The molecule has 1 N–H and O–H groups in total. The Balaban J connectivity index is 1.98. The number of fused-ring (bicyclic) bond motifs is 1. The number of nitrogens with one attached hydrogen (secondary N) is 1. The third-order valence-electron chi connectivity index (χ3n) is 4.07. The third-order valence-corrected chi connectivity index (χ3v) is 4.07. The van der Waals surface area contributed by atoms with Crippen LogP contribution in [0, 0.1) is 17.8 Å². The fourth-order valence-electron chi connectivity index (χ4n) is 2.58. The van der Waals surface area contributed by atoms with Crippen LogP contribution >= 0.6 is 0 Å². The molecule has 0 radical (unpaired) electrons. The van der Waals surface area contributed by atoms with E-state index in [9.17, 15) is 18.0 Å². The van der Waals surface area contributed by atoms with Gasteiger partial charge < -0.3 is 5.32 Å². The highest BCUT2D eigenvalue weighted by atomic mass is 19.4. The van der Waals surface area contributed by atoms with Crippen LogP contribution in [-0.4, -0.2) is 15.3 Å². The zero-order valence-electron chi connectivity index (χ0n) is 15.3. The summed E-state index contributed by atoms with van der Waals surface area (Å²) in [6.07, 6.45) is -2.65. The Labute approximate surface area is 160 Å². The van der Waals surface area contributed by atoms with E-state index in [4.69, 9.17) is 0 Å². The van der Waals surface area contributed by atoms with Crippen molar-refractivity contribution < 1.29 is 18.0 Å². The first-order chi connectivity index (χ1) is 13.3. The maximum absolute atomic E-state index is 12.9. The standard InChI is InChI=1S/C21H18F3N3O/c1-14(2)20(28)25-13-17-18(27-11-4-3-8-19(27)26-17)10-9-15-6-5-7-16(12-15)21(22,23)24/h3-8,11-12,14H,13H2,1-2H3,(H,25,28). The molecular formula is C21H18F3N3O. The van der Waals surface area contributed by atoms with Gasteiger partial charge in [-0.25, -0.2) is 4.98 Å². The fourth-order valence-corrected chi connectivity index (χ4v) is 2.58. The lowest BCUT2D eigenvalue weighted by Crippen LogP contribution is -2.27. The number of benzene rings is 1. The first-order valence-corrected chi connectivity index (χ1v) is 8.68. The Kier molecular flexibility index (Phi) is 5.41. The van der Waals surface area contributed by atoms with Gasteiger partial charge in [0.1, 0.15) is 11.3 Å². The zero-order chi connectivity index (χ0) is 20.3. The molecule has 2 aromatic heterocycles. The zero-order valence-corrected chi connectivity index (χ0v) is 15.3. The lowest BCUT2D eigenvalue weighted by molar-refractivity contribution is -0.137. The van der Waals surface area contributed by atoms with Crippen molar-refractivity contribution in [1.29, 1.82) is 0 Å². The van der Waals surface area contributed by atoms with Crippen molar-refractivity contribution in [3.8, 4) is 11.8 Å². The predicted octanol–water partition coefficient (Wildman–Crippen LogP) is 4.03. The molecule has 1 amide bonds. The number of imidazole rings is 1. The summed E-state index contributed by atoms with van der Waals surface area (Å²) in [7, 11) is 0. The number of halogens is 3. The average Bonchev–Trinajstić information content (AvgIpc) is 3.01. The molecule has 3 rings (SSSR count). The van der Waals surface area contributed by atoms with Crippen molar-refractivity contribution in [3.05, 3.63) is 71.2 Å². The van der Waals surface area contributed by atoms with Gasteiger partial charge in [0.25, 0.3) is 0 Å². The van der Waals surface area contributed by atoms with E-state index in [-0.39, 0.29) is 23.9 Å². The Morgan fingerprint density at radius 1 is 1.18 bits per heavy atom. The summed E-state index contributed by atoms with van der Waals surface area (Å²) in [5.74, 6) is 5.41. The molecule has 0 fully saturated rings. The molecule has 144 valence electrons. The summed E-state index contributed by atoms with van der Waals surface area (Å²) in [6.45, 7) is 3.76. The van der Waals surface area contributed by atoms with Gasteiger partial charge in [0.2, 0.25) is 5.91 Å². The molecule has 2 heterocycles. The van der Waals surface area contributed by atoms with Crippen molar-refractivity contribution in [2.75, 3.05) is 0 Å². The second-order valence-electron chi connectivity index (χ2n) is 6.54. The van der Waals surface area contributed by atoms with Crippen LogP contribution in [0.1, 0.15) is 36.4 Å². The molecule has 0 aliphatic rings. The van der Waals surface area contributed by atoms with E-state index in [1.54, 1.807) is 36.6 Å². The van der Waals surface area contributed by atoms with Gasteiger partial charge in [-0.2, -0.15) is 13.2 Å². The van der Waals surface area contributed by atoms with Crippen molar-refractivity contribution >= 4 is 11.6 Å². The first-order valence-electron chi connectivity index (χ1n) is 8.68. The second-order valence-corrected chi connectivity index (χ2v) is 6.54. The van der Waals surface area contributed by atoms with E-state index in [0.717, 1.165) is 12.1 Å². The number of aromatic nitrogens is 2. The van der Waals surface area contributed by atoms with E-state index in [0.29, 0.717) is 17.0 Å². The van der Waals surface area contributed by atoms with Gasteiger partial charge >= 0.3 is 6.18 Å². The maximum atomic E-state index is 12.9. The summed E-state index contributed by atoms with van der Waals surface area (Å²) in [4.78, 5) is 16.3. The van der Waals surface area contributed by atoms with E-state index in [2.05, 4.69) is 22.1 Å². The summed E-state index contributed by atoms with van der Waals surface area (Å²) in [6, 6.07) is 10.3. The van der Waals surface area contributed by atoms with Gasteiger partial charge in [0.15, 0.2) is 0 Å². The normalized spacial score (nSPS) is 11.4. The molecule has 28 heavy (non-hydrogen) atoms. The minimum absolute atomic E-state index is 0.117. The van der Waals surface area contributed by atoms with E-state index in [1.807, 2.05) is 6.07 Å². The number of nitrogens with zero attached hydrogens (tertiary/aromatic N) is 2. The smallest absolute Gasteiger partial charge is 0.350 e. The minimum atomic E-state index is -4.42. The van der Waals surface area contributed by atoms with E-state index in [1.165, 1.54) is 12.1 Å². The molecule has 4 nitrogen and oxygen atoms in total. The van der Waals surface area contributed by atoms with E-state index < -0.39 is 11.7 Å². The average molecular weight is 385 g/mol. The van der Waals surface area contributed by atoms with Crippen molar-refractivity contribution in [1.82, 2.24) is 14.7 Å². The predicted molar refractivity (Wildman–Crippen MR) is 99.3 cm³/mol. The maximum Gasteiger partial charge on any atom is 0.416 e. The number of pyridine rings is 1. The van der Waals surface area contributed by atoms with Gasteiger partial charge in [-0.3, -0.25) is 9.20 Å². The lowest BCUT2D eigenvalue weighted by atomic mass is 10.1. The number of carbonyl (C=O) groups excluding carboxylic acids is 1. The second kappa shape index (κ2) is 7.77. The molecule has 3 aromatic rings. The number of alkyl halides is 3. The van der Waals surface area contributed by atoms with Crippen molar-refractivity contribution in [2.45, 2.75) is 26.6 Å². The monoisotopic (exact) mass is 385 g/mol. The molecule has 0 spiro atoms. The summed E-state index contributed by atoms with van der Waals surface area (Å²) >= 11 is 0. The topological polar surface area (TPSA) is 46.4 Å². The van der Waals surface area contributed by atoms with Gasteiger partial charge in [-0.15, -0.1) is 0 Å². The SMILES string of the molecule is CC(C)C(=O)NCc1nc2ccccn2c1C#Cc1cccc(C(F)(F)F)c1. The summed E-state index contributed by atoms with van der Waals surface area (Å²) in [5.41, 5.74) is 1.22. The van der Waals surface area contributed by atoms with Gasteiger partial charge in [-0.1, -0.05) is 31.9 Å². The molecular weight excluding hydrogens is 367 g/mol. The Morgan fingerprint density at radius 2 is 1.96 bits per heavy atom. The van der Waals surface area contributed by atoms with Crippen molar-refractivity contribution in [3.63, 3.8) is 0 Å². The highest BCUT2D eigenvalue weighted by Gasteiger charge is 2.30.